The number of carbonyl (C=O) groups is 2. The Kier molecular flexibility index (Phi) is 5.84. The molecule has 0 spiro atoms. The normalized spacial score (nSPS) is 14.1. The van der Waals surface area contributed by atoms with Crippen LogP contribution in [0.3, 0.4) is 0 Å². The Labute approximate surface area is 180 Å². The first-order chi connectivity index (χ1) is 15.0. The summed E-state index contributed by atoms with van der Waals surface area (Å²) in [5.74, 6) is -0.157. The highest BCUT2D eigenvalue weighted by molar-refractivity contribution is 5.94. The molecule has 0 unspecified atom stereocenters. The van der Waals surface area contributed by atoms with E-state index in [0.717, 1.165) is 12.0 Å². The van der Waals surface area contributed by atoms with E-state index in [1.807, 2.05) is 43.3 Å². The second kappa shape index (κ2) is 8.71. The van der Waals surface area contributed by atoms with Crippen LogP contribution in [0, 0.1) is 6.92 Å². The Morgan fingerprint density at radius 2 is 1.65 bits per heavy atom. The lowest BCUT2D eigenvalue weighted by molar-refractivity contribution is -0.133. The molecular formula is C24H26N4O3. The molecule has 7 nitrogen and oxygen atoms in total. The topological polar surface area (TPSA) is 75.5 Å². The third-order valence-corrected chi connectivity index (χ3v) is 5.89. The molecule has 1 aliphatic rings. The summed E-state index contributed by atoms with van der Waals surface area (Å²) in [6.45, 7) is 5.79. The highest BCUT2D eigenvalue weighted by atomic mass is 16.2. The van der Waals surface area contributed by atoms with Crippen LogP contribution >= 0.6 is 0 Å². The zero-order valence-electron chi connectivity index (χ0n) is 17.9. The molecule has 4 rings (SSSR count). The molecule has 7 heteroatoms. The number of carbonyl (C=O) groups excluding carboxylic acids is 2. The Morgan fingerprint density at radius 3 is 2.32 bits per heavy atom. The van der Waals surface area contributed by atoms with E-state index in [0.29, 0.717) is 42.6 Å². The molecule has 3 aromatic rings. The number of fused-ring (bicyclic) bond motifs is 1. The van der Waals surface area contributed by atoms with Crippen molar-refractivity contribution in [2.24, 2.45) is 0 Å². The van der Waals surface area contributed by atoms with E-state index in [1.165, 1.54) is 16.5 Å². The molecular weight excluding hydrogens is 392 g/mol. The quantitative estimate of drug-likeness (QED) is 0.651. The van der Waals surface area contributed by atoms with Gasteiger partial charge in [-0.15, -0.1) is 0 Å². The van der Waals surface area contributed by atoms with E-state index < -0.39 is 0 Å². The lowest BCUT2D eigenvalue weighted by Crippen LogP contribution is -2.51. The summed E-state index contributed by atoms with van der Waals surface area (Å²) in [6.07, 6.45) is 2.37. The van der Waals surface area contributed by atoms with Crippen molar-refractivity contribution in [2.75, 3.05) is 26.2 Å². The SMILES string of the molecule is CCc1ccc(C(=O)N2CCN(C(=O)Cn3cnc4c(C)cccc4c3=O)CC2)cc1. The van der Waals surface area contributed by atoms with Crippen LogP contribution in [-0.2, 0) is 17.8 Å². The molecule has 1 aromatic heterocycles. The zero-order valence-corrected chi connectivity index (χ0v) is 17.9. The predicted molar refractivity (Wildman–Crippen MR) is 119 cm³/mol. The number of aromatic nitrogens is 2. The van der Waals surface area contributed by atoms with Crippen molar-refractivity contribution in [3.63, 3.8) is 0 Å². The Balaban J connectivity index is 1.39. The Morgan fingerprint density at radius 1 is 0.968 bits per heavy atom. The second-order valence-corrected chi connectivity index (χ2v) is 7.87. The van der Waals surface area contributed by atoms with Gasteiger partial charge in [0, 0.05) is 31.7 Å². The van der Waals surface area contributed by atoms with Crippen LogP contribution in [0.25, 0.3) is 10.9 Å². The van der Waals surface area contributed by atoms with Crippen LogP contribution in [0.2, 0.25) is 0 Å². The van der Waals surface area contributed by atoms with Gasteiger partial charge in [-0.05, 0) is 42.7 Å². The molecule has 1 saturated heterocycles. The van der Waals surface area contributed by atoms with Crippen LogP contribution in [0.4, 0.5) is 0 Å². The number of piperazine rings is 1. The van der Waals surface area contributed by atoms with Crippen molar-refractivity contribution in [3.8, 4) is 0 Å². The zero-order chi connectivity index (χ0) is 22.0. The minimum Gasteiger partial charge on any atom is -0.338 e. The van der Waals surface area contributed by atoms with Crippen LogP contribution < -0.4 is 5.56 Å². The molecule has 0 aliphatic carbocycles. The van der Waals surface area contributed by atoms with Gasteiger partial charge in [0.2, 0.25) is 5.91 Å². The molecule has 2 aromatic carbocycles. The lowest BCUT2D eigenvalue weighted by atomic mass is 10.1. The Bertz CT molecular complexity index is 1180. The van der Waals surface area contributed by atoms with E-state index in [1.54, 1.807) is 15.9 Å². The van der Waals surface area contributed by atoms with E-state index in [-0.39, 0.29) is 23.9 Å². The molecule has 0 N–H and O–H groups in total. The second-order valence-electron chi connectivity index (χ2n) is 7.87. The number of nitrogens with zero attached hydrogens (tertiary/aromatic N) is 4. The largest absolute Gasteiger partial charge is 0.338 e. The number of amides is 2. The maximum absolute atomic E-state index is 12.8. The van der Waals surface area contributed by atoms with Gasteiger partial charge in [-0.3, -0.25) is 19.0 Å². The van der Waals surface area contributed by atoms with Crippen molar-refractivity contribution >= 4 is 22.7 Å². The number of rotatable bonds is 4. The predicted octanol–water partition coefficient (Wildman–Crippen LogP) is 2.25. The summed E-state index contributed by atoms with van der Waals surface area (Å²) in [5.41, 5.74) is 3.24. The molecule has 2 amide bonds. The third-order valence-electron chi connectivity index (χ3n) is 5.89. The molecule has 1 aliphatic heterocycles. The smallest absolute Gasteiger partial charge is 0.261 e. The fourth-order valence-electron chi connectivity index (χ4n) is 3.92. The third kappa shape index (κ3) is 4.21. The van der Waals surface area contributed by atoms with Crippen LogP contribution in [0.15, 0.2) is 53.6 Å². The number of hydrogen-bond donors (Lipinski definition) is 0. The molecule has 1 fully saturated rings. The minimum atomic E-state index is -0.216. The van der Waals surface area contributed by atoms with Crippen molar-refractivity contribution in [3.05, 3.63) is 75.8 Å². The summed E-state index contributed by atoms with van der Waals surface area (Å²) in [4.78, 5) is 46.1. The van der Waals surface area contributed by atoms with Gasteiger partial charge in [0.05, 0.1) is 17.2 Å². The summed E-state index contributed by atoms with van der Waals surface area (Å²) < 4.78 is 1.36. The lowest BCUT2D eigenvalue weighted by Gasteiger charge is -2.35. The monoisotopic (exact) mass is 418 g/mol. The summed E-state index contributed by atoms with van der Waals surface area (Å²) in [7, 11) is 0. The first-order valence-electron chi connectivity index (χ1n) is 10.6. The van der Waals surface area contributed by atoms with Gasteiger partial charge in [-0.25, -0.2) is 4.98 Å². The fraction of sp³-hybridized carbons (Fsp3) is 0.333. The maximum atomic E-state index is 12.8. The van der Waals surface area contributed by atoms with Crippen molar-refractivity contribution in [1.29, 1.82) is 0 Å². The van der Waals surface area contributed by atoms with Crippen molar-refractivity contribution in [1.82, 2.24) is 19.4 Å². The summed E-state index contributed by atoms with van der Waals surface area (Å²) in [5, 5.41) is 0.514. The summed E-state index contributed by atoms with van der Waals surface area (Å²) >= 11 is 0. The number of benzene rings is 2. The van der Waals surface area contributed by atoms with E-state index >= 15 is 0 Å². The minimum absolute atomic E-state index is 0.0138. The van der Waals surface area contributed by atoms with Crippen molar-refractivity contribution in [2.45, 2.75) is 26.8 Å². The first-order valence-corrected chi connectivity index (χ1v) is 10.6. The molecule has 0 atom stereocenters. The molecule has 160 valence electrons. The van der Waals surface area contributed by atoms with Crippen molar-refractivity contribution < 1.29 is 9.59 Å². The highest BCUT2D eigenvalue weighted by Crippen LogP contribution is 2.13. The van der Waals surface area contributed by atoms with Gasteiger partial charge >= 0.3 is 0 Å². The number of hydrogen-bond acceptors (Lipinski definition) is 4. The molecule has 0 saturated carbocycles. The van der Waals surface area contributed by atoms with Crippen LogP contribution in [-0.4, -0.2) is 57.3 Å². The van der Waals surface area contributed by atoms with Crippen LogP contribution in [0.5, 0.6) is 0 Å². The van der Waals surface area contributed by atoms with E-state index in [9.17, 15) is 14.4 Å². The molecule has 31 heavy (non-hydrogen) atoms. The van der Waals surface area contributed by atoms with Gasteiger partial charge < -0.3 is 9.80 Å². The van der Waals surface area contributed by atoms with E-state index in [4.69, 9.17) is 0 Å². The van der Waals surface area contributed by atoms with Gasteiger partial charge in [-0.1, -0.05) is 31.2 Å². The van der Waals surface area contributed by atoms with Gasteiger partial charge in [0.25, 0.3) is 11.5 Å². The molecule has 0 bridgehead atoms. The van der Waals surface area contributed by atoms with Crippen LogP contribution in [0.1, 0.15) is 28.4 Å². The van der Waals surface area contributed by atoms with Gasteiger partial charge in [0.1, 0.15) is 6.54 Å². The molecule has 2 heterocycles. The number of para-hydroxylation sites is 1. The Hall–Kier alpha value is -3.48. The maximum Gasteiger partial charge on any atom is 0.261 e. The molecule has 0 radical (unpaired) electrons. The standard InChI is InChI=1S/C24H26N4O3/c1-3-18-7-9-19(10-8-18)23(30)27-13-11-26(12-14-27)21(29)15-28-16-25-22-17(2)5-4-6-20(22)24(28)31/h4-10,16H,3,11-15H2,1-2H3. The fourth-order valence-corrected chi connectivity index (χ4v) is 3.92. The average Bonchev–Trinajstić information content (AvgIpc) is 2.81. The first kappa shape index (κ1) is 20.8. The number of aryl methyl sites for hydroxylation is 2. The van der Waals surface area contributed by atoms with Gasteiger partial charge in [0.15, 0.2) is 0 Å². The highest BCUT2D eigenvalue weighted by Gasteiger charge is 2.25. The summed E-state index contributed by atoms with van der Waals surface area (Å²) in [6, 6.07) is 13.1. The average molecular weight is 418 g/mol. The van der Waals surface area contributed by atoms with E-state index in [2.05, 4.69) is 11.9 Å². The van der Waals surface area contributed by atoms with Gasteiger partial charge in [-0.2, -0.15) is 0 Å².